The van der Waals surface area contributed by atoms with E-state index >= 15 is 0 Å². The first-order chi connectivity index (χ1) is 14.4. The van der Waals surface area contributed by atoms with Crippen LogP contribution in [0.5, 0.6) is 0 Å². The van der Waals surface area contributed by atoms with Crippen LogP contribution in [0.4, 0.5) is 5.69 Å². The summed E-state index contributed by atoms with van der Waals surface area (Å²) in [6.45, 7) is 0. The van der Waals surface area contributed by atoms with Crippen LogP contribution in [-0.4, -0.2) is 30.1 Å². The zero-order chi connectivity index (χ0) is 21.4. The van der Waals surface area contributed by atoms with E-state index in [1.165, 1.54) is 7.11 Å². The summed E-state index contributed by atoms with van der Waals surface area (Å²) in [6.07, 6.45) is 0.185. The lowest BCUT2D eigenvalue weighted by Gasteiger charge is -2.24. The van der Waals surface area contributed by atoms with E-state index in [0.29, 0.717) is 27.4 Å². The van der Waals surface area contributed by atoms with Gasteiger partial charge >= 0.3 is 11.9 Å². The Morgan fingerprint density at radius 3 is 2.40 bits per heavy atom. The lowest BCUT2D eigenvalue weighted by atomic mass is 9.88. The number of hydrogen-bond acceptors (Lipinski definition) is 5. The molecule has 0 aliphatic carbocycles. The molecule has 1 aromatic heterocycles. The number of halogens is 1. The Bertz CT molecular complexity index is 1150. The van der Waals surface area contributed by atoms with Gasteiger partial charge in [-0.05, 0) is 35.4 Å². The third-order valence-corrected chi connectivity index (χ3v) is 6.51. The summed E-state index contributed by atoms with van der Waals surface area (Å²) in [6, 6.07) is 13.6. The zero-order valence-electron chi connectivity index (χ0n) is 15.8. The molecule has 30 heavy (non-hydrogen) atoms. The van der Waals surface area contributed by atoms with Gasteiger partial charge in [0.25, 0.3) is 0 Å². The van der Waals surface area contributed by atoms with Crippen LogP contribution < -0.4 is 5.32 Å². The third kappa shape index (κ3) is 3.58. The smallest absolute Gasteiger partial charge is 0.346 e. The Hall–Kier alpha value is -3.16. The highest BCUT2D eigenvalue weighted by Crippen LogP contribution is 2.49. The van der Waals surface area contributed by atoms with E-state index in [-0.39, 0.29) is 23.1 Å². The summed E-state index contributed by atoms with van der Waals surface area (Å²) in [5, 5.41) is 13.2. The number of carboxylic acids is 1. The first-order valence-corrected chi connectivity index (χ1v) is 10.2. The highest BCUT2D eigenvalue weighted by Gasteiger charge is 2.34. The molecule has 0 bridgehead atoms. The molecule has 0 saturated carbocycles. The molecule has 3 aromatic rings. The van der Waals surface area contributed by atoms with E-state index in [1.54, 1.807) is 48.5 Å². The largest absolute Gasteiger partial charge is 0.477 e. The second kappa shape index (κ2) is 7.93. The number of hydrogen-bond donors (Lipinski definition) is 2. The van der Waals surface area contributed by atoms with Crippen molar-refractivity contribution >= 4 is 46.5 Å². The van der Waals surface area contributed by atoms with Gasteiger partial charge in [0.05, 0.1) is 18.4 Å². The molecule has 1 aliphatic rings. The summed E-state index contributed by atoms with van der Waals surface area (Å²) in [5.74, 6) is -2.02. The average molecular weight is 442 g/mol. The van der Waals surface area contributed by atoms with Gasteiger partial charge in [-0.2, -0.15) is 0 Å². The van der Waals surface area contributed by atoms with Crippen LogP contribution in [0.15, 0.2) is 48.5 Å². The number of rotatable bonds is 4. The van der Waals surface area contributed by atoms with Gasteiger partial charge in [0, 0.05) is 27.8 Å². The van der Waals surface area contributed by atoms with Gasteiger partial charge in [-0.25, -0.2) is 9.59 Å². The quantitative estimate of drug-likeness (QED) is 0.554. The molecule has 1 amide bonds. The molecule has 2 heterocycles. The van der Waals surface area contributed by atoms with Crippen molar-refractivity contribution in [2.24, 2.45) is 0 Å². The van der Waals surface area contributed by atoms with E-state index in [0.717, 1.165) is 21.8 Å². The maximum Gasteiger partial charge on any atom is 0.346 e. The molecule has 0 fully saturated rings. The monoisotopic (exact) mass is 441 g/mol. The first kappa shape index (κ1) is 20.1. The molecule has 1 atom stereocenters. The van der Waals surface area contributed by atoms with E-state index < -0.39 is 11.9 Å². The maximum absolute atomic E-state index is 12.5. The lowest BCUT2D eigenvalue weighted by molar-refractivity contribution is -0.116. The number of nitrogens with one attached hydrogen (secondary N) is 1. The second-order valence-electron chi connectivity index (χ2n) is 6.78. The number of carbonyl (C=O) groups is 3. The number of aromatic carboxylic acids is 1. The zero-order valence-corrected chi connectivity index (χ0v) is 17.3. The van der Waals surface area contributed by atoms with Crippen molar-refractivity contribution in [2.45, 2.75) is 12.3 Å². The van der Waals surface area contributed by atoms with Crippen LogP contribution in [0.3, 0.4) is 0 Å². The molecular formula is C22H16ClNO5S. The summed E-state index contributed by atoms with van der Waals surface area (Å²) >= 11 is 7.12. The minimum absolute atomic E-state index is 0.153. The van der Waals surface area contributed by atoms with Crippen molar-refractivity contribution in [1.82, 2.24) is 0 Å². The Kier molecular flexibility index (Phi) is 5.32. The van der Waals surface area contributed by atoms with Crippen LogP contribution in [-0.2, 0) is 9.53 Å². The molecule has 1 aliphatic heterocycles. The molecule has 1 unspecified atom stereocenters. The molecule has 0 spiro atoms. The maximum atomic E-state index is 12.5. The predicted molar refractivity (Wildman–Crippen MR) is 115 cm³/mol. The number of esters is 1. The minimum Gasteiger partial charge on any atom is -0.477 e. The summed E-state index contributed by atoms with van der Waals surface area (Å²) in [5.41, 5.74) is 2.87. The Labute approximate surface area is 181 Å². The summed E-state index contributed by atoms with van der Waals surface area (Å²) in [4.78, 5) is 37.1. The molecule has 152 valence electrons. The number of carboxylic acid groups (broad SMARTS) is 1. The summed E-state index contributed by atoms with van der Waals surface area (Å²) in [7, 11) is 1.31. The lowest BCUT2D eigenvalue weighted by Crippen LogP contribution is -2.22. The first-order valence-electron chi connectivity index (χ1n) is 9.03. The van der Waals surface area contributed by atoms with Crippen LogP contribution >= 0.6 is 22.9 Å². The van der Waals surface area contributed by atoms with E-state index in [9.17, 15) is 19.5 Å². The normalized spacial score (nSPS) is 15.3. The number of amides is 1. The van der Waals surface area contributed by atoms with Crippen LogP contribution in [0.1, 0.15) is 42.8 Å². The Morgan fingerprint density at radius 1 is 1.13 bits per heavy atom. The van der Waals surface area contributed by atoms with Crippen molar-refractivity contribution in [1.29, 1.82) is 0 Å². The SMILES string of the molecule is COC(=O)c1ccc(C2CC(=O)Nc3c2sc(C(=O)O)c3-c2ccc(Cl)cc2)cc1. The Balaban J connectivity index is 1.84. The Morgan fingerprint density at radius 2 is 1.80 bits per heavy atom. The fourth-order valence-electron chi connectivity index (χ4n) is 3.57. The van der Waals surface area contributed by atoms with Crippen LogP contribution in [0, 0.1) is 0 Å². The van der Waals surface area contributed by atoms with Gasteiger partial charge in [-0.15, -0.1) is 11.3 Å². The van der Waals surface area contributed by atoms with Gasteiger partial charge in [-0.1, -0.05) is 35.9 Å². The van der Waals surface area contributed by atoms with Crippen molar-refractivity contribution in [3.8, 4) is 11.1 Å². The highest BCUT2D eigenvalue weighted by molar-refractivity contribution is 7.15. The van der Waals surface area contributed by atoms with Gasteiger partial charge in [0.2, 0.25) is 5.91 Å². The second-order valence-corrected chi connectivity index (χ2v) is 8.26. The fraction of sp³-hybridized carbons (Fsp3) is 0.136. The molecule has 6 nitrogen and oxygen atoms in total. The molecule has 0 saturated heterocycles. The van der Waals surface area contributed by atoms with Crippen molar-refractivity contribution in [3.05, 3.63) is 74.4 Å². The van der Waals surface area contributed by atoms with Gasteiger partial charge < -0.3 is 15.2 Å². The number of methoxy groups -OCH3 is 1. The topological polar surface area (TPSA) is 92.7 Å². The van der Waals surface area contributed by atoms with E-state index in [1.807, 2.05) is 0 Å². The summed E-state index contributed by atoms with van der Waals surface area (Å²) < 4.78 is 4.72. The number of benzene rings is 2. The minimum atomic E-state index is -1.06. The van der Waals surface area contributed by atoms with Crippen LogP contribution in [0.2, 0.25) is 5.02 Å². The number of carbonyl (C=O) groups excluding carboxylic acids is 2. The van der Waals surface area contributed by atoms with Crippen molar-refractivity contribution in [3.63, 3.8) is 0 Å². The molecule has 0 radical (unpaired) electrons. The standard InChI is InChI=1S/C22H16ClNO5S/c1-29-22(28)13-4-2-11(3-5-13)15-10-16(25)24-18-17(12-6-8-14(23)9-7-12)20(21(26)27)30-19(15)18/h2-9,15H,10H2,1H3,(H,24,25)(H,26,27). The molecule has 2 N–H and O–H groups in total. The number of thiophene rings is 1. The van der Waals surface area contributed by atoms with E-state index in [4.69, 9.17) is 16.3 Å². The number of anilines is 1. The predicted octanol–water partition coefficient (Wildman–Crippen LogP) is 5.03. The van der Waals surface area contributed by atoms with Crippen molar-refractivity contribution in [2.75, 3.05) is 12.4 Å². The van der Waals surface area contributed by atoms with Gasteiger partial charge in [0.1, 0.15) is 4.88 Å². The average Bonchev–Trinajstić information content (AvgIpc) is 3.13. The molecular weight excluding hydrogens is 426 g/mol. The third-order valence-electron chi connectivity index (χ3n) is 4.97. The van der Waals surface area contributed by atoms with E-state index in [2.05, 4.69) is 5.32 Å². The highest BCUT2D eigenvalue weighted by atomic mass is 35.5. The van der Waals surface area contributed by atoms with Gasteiger partial charge in [-0.3, -0.25) is 4.79 Å². The van der Waals surface area contributed by atoms with Gasteiger partial charge in [0.15, 0.2) is 0 Å². The number of fused-ring (bicyclic) bond motifs is 1. The van der Waals surface area contributed by atoms with Crippen molar-refractivity contribution < 1.29 is 24.2 Å². The number of ether oxygens (including phenoxy) is 1. The fourth-order valence-corrected chi connectivity index (χ4v) is 4.94. The molecule has 4 rings (SSSR count). The molecule has 2 aromatic carbocycles. The van der Waals surface area contributed by atoms with Crippen LogP contribution in [0.25, 0.3) is 11.1 Å². The molecule has 8 heteroatoms.